The van der Waals surface area contributed by atoms with Gasteiger partial charge in [-0.15, -0.1) is 0 Å². The second kappa shape index (κ2) is 10.4. The van der Waals surface area contributed by atoms with Gasteiger partial charge in [0.15, 0.2) is 0 Å². The summed E-state index contributed by atoms with van der Waals surface area (Å²) in [6, 6.07) is 17.4. The van der Waals surface area contributed by atoms with Gasteiger partial charge in [-0.05, 0) is 41.5 Å². The number of nitrogens with one attached hydrogen (secondary N) is 2. The molecule has 0 radical (unpaired) electrons. The third-order valence-electron chi connectivity index (χ3n) is 4.91. The van der Waals surface area contributed by atoms with Crippen LogP contribution >= 0.6 is 0 Å². The fraction of sp³-hybridized carbons (Fsp3) is 0.120. The van der Waals surface area contributed by atoms with Crippen molar-refractivity contribution in [2.24, 2.45) is 0 Å². The summed E-state index contributed by atoms with van der Waals surface area (Å²) in [4.78, 5) is 13.0. The number of halogens is 1. The Bertz CT molecular complexity index is 1130. The largest absolute Gasteiger partial charge is 0.495 e. The normalized spacial score (nSPS) is 11.8. The van der Waals surface area contributed by atoms with E-state index in [1.54, 1.807) is 18.2 Å². The molecule has 0 saturated carbocycles. The minimum absolute atomic E-state index is 0.0279. The molecule has 3 aromatic rings. The summed E-state index contributed by atoms with van der Waals surface area (Å²) >= 11 is 0. The summed E-state index contributed by atoms with van der Waals surface area (Å²) in [5.41, 5.74) is 8.31. The predicted octanol–water partition coefficient (Wildman–Crippen LogP) is 3.96. The zero-order valence-corrected chi connectivity index (χ0v) is 17.5. The summed E-state index contributed by atoms with van der Waals surface area (Å²) in [5, 5.41) is 21.0. The van der Waals surface area contributed by atoms with Gasteiger partial charge in [-0.3, -0.25) is 4.79 Å². The van der Waals surface area contributed by atoms with Crippen molar-refractivity contribution in [3.05, 3.63) is 101 Å². The van der Waals surface area contributed by atoms with Crippen LogP contribution in [0.5, 0.6) is 5.75 Å². The molecular formula is C25H24FN3O3. The zero-order valence-electron chi connectivity index (χ0n) is 17.5. The molecule has 7 heteroatoms. The number of ether oxygens (including phenoxy) is 1. The van der Waals surface area contributed by atoms with E-state index in [1.165, 1.54) is 37.5 Å². The van der Waals surface area contributed by atoms with Crippen LogP contribution in [-0.4, -0.2) is 30.4 Å². The number of amides is 1. The van der Waals surface area contributed by atoms with E-state index < -0.39 is 11.9 Å². The Balaban J connectivity index is 1.89. The van der Waals surface area contributed by atoms with E-state index in [9.17, 15) is 14.3 Å². The van der Waals surface area contributed by atoms with Gasteiger partial charge in [0.2, 0.25) is 0 Å². The number of allylic oxidation sites excluding steroid dienone is 1. The second-order valence-electron chi connectivity index (χ2n) is 7.03. The van der Waals surface area contributed by atoms with Crippen LogP contribution in [0.2, 0.25) is 0 Å². The van der Waals surface area contributed by atoms with Gasteiger partial charge in [0, 0.05) is 5.69 Å². The molecular weight excluding hydrogens is 409 g/mol. The van der Waals surface area contributed by atoms with Crippen molar-refractivity contribution in [1.82, 2.24) is 5.32 Å². The lowest BCUT2D eigenvalue weighted by atomic mass is 10.00. The minimum atomic E-state index is -0.604. The SMILES string of the molecule is COc1c(C(=O)N[C@@H](CO)c2ccccc2)ccc(N)c1C(=N)/C=C/c1ccc(F)cc1. The average Bonchev–Trinajstić information content (AvgIpc) is 2.82. The van der Waals surface area contributed by atoms with Crippen LogP contribution in [0.1, 0.15) is 33.1 Å². The standard InChI is InChI=1S/C25H24FN3O3/c1-32-24-19(25(31)29-22(15-30)17-5-3-2-4-6-17)12-14-21(28)23(24)20(27)13-9-16-7-10-18(26)11-8-16/h2-14,22,27,30H,15,28H2,1H3,(H,29,31)/b13-9+,27-20?/t22-/m0/s1. The molecule has 164 valence electrons. The Morgan fingerprint density at radius 3 is 2.47 bits per heavy atom. The quantitative estimate of drug-likeness (QED) is 0.318. The molecule has 0 saturated heterocycles. The van der Waals surface area contributed by atoms with Gasteiger partial charge in [0.25, 0.3) is 5.91 Å². The Morgan fingerprint density at radius 1 is 1.16 bits per heavy atom. The lowest BCUT2D eigenvalue weighted by molar-refractivity contribution is 0.0913. The fourth-order valence-electron chi connectivity index (χ4n) is 3.26. The summed E-state index contributed by atoms with van der Waals surface area (Å²) in [5.74, 6) is -0.666. The van der Waals surface area contributed by atoms with E-state index in [-0.39, 0.29) is 40.7 Å². The first-order valence-electron chi connectivity index (χ1n) is 9.90. The molecule has 1 amide bonds. The van der Waals surface area contributed by atoms with Gasteiger partial charge in [-0.25, -0.2) is 4.39 Å². The maximum absolute atomic E-state index is 13.1. The first-order chi connectivity index (χ1) is 15.4. The van der Waals surface area contributed by atoms with Gasteiger partial charge in [0.1, 0.15) is 11.6 Å². The monoisotopic (exact) mass is 433 g/mol. The van der Waals surface area contributed by atoms with E-state index in [0.717, 1.165) is 5.56 Å². The topological polar surface area (TPSA) is 108 Å². The third kappa shape index (κ3) is 5.19. The van der Waals surface area contributed by atoms with E-state index >= 15 is 0 Å². The van der Waals surface area contributed by atoms with Crippen LogP contribution in [0.25, 0.3) is 6.08 Å². The Labute approximate surface area is 185 Å². The summed E-state index contributed by atoms with van der Waals surface area (Å²) < 4.78 is 18.6. The van der Waals surface area contributed by atoms with Crippen LogP contribution in [0.3, 0.4) is 0 Å². The van der Waals surface area contributed by atoms with Gasteiger partial charge in [0.05, 0.1) is 36.6 Å². The fourth-order valence-corrected chi connectivity index (χ4v) is 3.26. The van der Waals surface area contributed by atoms with Crippen molar-refractivity contribution < 1.29 is 19.0 Å². The number of hydrogen-bond acceptors (Lipinski definition) is 5. The molecule has 6 nitrogen and oxygen atoms in total. The molecule has 3 rings (SSSR count). The van der Waals surface area contributed by atoms with Gasteiger partial charge < -0.3 is 26.3 Å². The van der Waals surface area contributed by atoms with Crippen molar-refractivity contribution in [3.63, 3.8) is 0 Å². The van der Waals surface area contributed by atoms with Crippen LogP contribution < -0.4 is 15.8 Å². The molecule has 0 aliphatic rings. The van der Waals surface area contributed by atoms with Crippen LogP contribution in [-0.2, 0) is 0 Å². The zero-order chi connectivity index (χ0) is 23.1. The Morgan fingerprint density at radius 2 is 1.84 bits per heavy atom. The average molecular weight is 433 g/mol. The molecule has 0 aliphatic heterocycles. The second-order valence-corrected chi connectivity index (χ2v) is 7.03. The van der Waals surface area contributed by atoms with Crippen molar-refractivity contribution in [2.75, 3.05) is 19.5 Å². The van der Waals surface area contributed by atoms with E-state index in [2.05, 4.69) is 5.32 Å². The van der Waals surface area contributed by atoms with Gasteiger partial charge in [-0.1, -0.05) is 48.5 Å². The number of hydrogen-bond donors (Lipinski definition) is 4. The van der Waals surface area contributed by atoms with E-state index in [0.29, 0.717) is 5.56 Å². The summed E-state index contributed by atoms with van der Waals surface area (Å²) in [6.07, 6.45) is 3.15. The molecule has 5 N–H and O–H groups in total. The first kappa shape index (κ1) is 22.7. The highest BCUT2D eigenvalue weighted by Crippen LogP contribution is 2.30. The molecule has 0 aliphatic carbocycles. The predicted molar refractivity (Wildman–Crippen MR) is 123 cm³/mol. The smallest absolute Gasteiger partial charge is 0.255 e. The molecule has 0 aromatic heterocycles. The summed E-state index contributed by atoms with van der Waals surface area (Å²) in [7, 11) is 1.40. The Kier molecular flexibility index (Phi) is 7.36. The third-order valence-corrected chi connectivity index (χ3v) is 4.91. The molecule has 0 unspecified atom stereocenters. The van der Waals surface area contributed by atoms with E-state index in [1.807, 2.05) is 30.3 Å². The highest BCUT2D eigenvalue weighted by Gasteiger charge is 2.22. The molecule has 3 aromatic carbocycles. The number of nitrogen functional groups attached to an aromatic ring is 1. The van der Waals surface area contributed by atoms with Crippen LogP contribution in [0.4, 0.5) is 10.1 Å². The maximum Gasteiger partial charge on any atom is 0.255 e. The number of methoxy groups -OCH3 is 1. The molecule has 0 spiro atoms. The molecule has 0 heterocycles. The van der Waals surface area contributed by atoms with Crippen molar-refractivity contribution in [1.29, 1.82) is 5.41 Å². The van der Waals surface area contributed by atoms with Crippen molar-refractivity contribution in [2.45, 2.75) is 6.04 Å². The molecule has 1 atom stereocenters. The Hall–Kier alpha value is -3.97. The van der Waals surface area contributed by atoms with Gasteiger partial charge in [-0.2, -0.15) is 0 Å². The molecule has 0 bridgehead atoms. The van der Waals surface area contributed by atoms with Crippen LogP contribution in [0.15, 0.2) is 72.8 Å². The number of aliphatic hydroxyl groups excluding tert-OH is 1. The number of anilines is 1. The van der Waals surface area contributed by atoms with Gasteiger partial charge >= 0.3 is 0 Å². The highest BCUT2D eigenvalue weighted by atomic mass is 19.1. The van der Waals surface area contributed by atoms with Crippen molar-refractivity contribution in [3.8, 4) is 5.75 Å². The number of aliphatic hydroxyl groups is 1. The number of nitrogens with two attached hydrogens (primary N) is 1. The number of carbonyl (C=O) groups is 1. The van der Waals surface area contributed by atoms with Crippen LogP contribution in [0, 0.1) is 11.2 Å². The first-order valence-corrected chi connectivity index (χ1v) is 9.90. The molecule has 32 heavy (non-hydrogen) atoms. The lowest BCUT2D eigenvalue weighted by Gasteiger charge is -2.19. The lowest BCUT2D eigenvalue weighted by Crippen LogP contribution is -2.31. The number of carbonyl (C=O) groups excluding carboxylic acids is 1. The van der Waals surface area contributed by atoms with Crippen molar-refractivity contribution >= 4 is 23.4 Å². The highest BCUT2D eigenvalue weighted by molar-refractivity contribution is 6.15. The summed E-state index contributed by atoms with van der Waals surface area (Å²) in [6.45, 7) is -0.282. The number of benzene rings is 3. The number of rotatable bonds is 8. The minimum Gasteiger partial charge on any atom is -0.495 e. The van der Waals surface area contributed by atoms with E-state index in [4.69, 9.17) is 15.9 Å². The molecule has 0 fully saturated rings. The maximum atomic E-state index is 13.1.